The molecule has 0 atom stereocenters. The van der Waals surface area contributed by atoms with Crippen molar-refractivity contribution in [2.24, 2.45) is 0 Å². The van der Waals surface area contributed by atoms with Crippen molar-refractivity contribution in [3.63, 3.8) is 0 Å². The molecule has 0 amide bonds. The van der Waals surface area contributed by atoms with E-state index in [4.69, 9.17) is 9.47 Å². The Kier molecular flexibility index (Phi) is 5.03. The summed E-state index contributed by atoms with van der Waals surface area (Å²) in [5.41, 5.74) is 0.715. The largest absolute Gasteiger partial charge is 0.504 e. The van der Waals surface area contributed by atoms with Crippen LogP contribution in [-0.4, -0.2) is 24.8 Å². The van der Waals surface area contributed by atoms with Crippen LogP contribution in [0.25, 0.3) is 6.08 Å². The maximum atomic E-state index is 11.1. The highest BCUT2D eigenvalue weighted by molar-refractivity contribution is 9.10. The zero-order chi connectivity index (χ0) is 12.8. The van der Waals surface area contributed by atoms with E-state index in [2.05, 4.69) is 15.9 Å². The molecule has 0 saturated carbocycles. The van der Waals surface area contributed by atoms with Crippen molar-refractivity contribution in [2.75, 3.05) is 13.7 Å². The van der Waals surface area contributed by atoms with Crippen LogP contribution < -0.4 is 4.74 Å². The summed E-state index contributed by atoms with van der Waals surface area (Å²) in [7, 11) is 1.46. The number of carbonyl (C=O) groups is 1. The summed E-state index contributed by atoms with van der Waals surface area (Å²) in [6.07, 6.45) is 2.91. The summed E-state index contributed by atoms with van der Waals surface area (Å²) in [5.74, 6) is -0.0317. The molecule has 1 aromatic carbocycles. The number of esters is 1. The lowest BCUT2D eigenvalue weighted by Gasteiger charge is -2.06. The van der Waals surface area contributed by atoms with Gasteiger partial charge in [-0.1, -0.05) is 15.9 Å². The minimum absolute atomic E-state index is 0.0349. The maximum Gasteiger partial charge on any atom is 0.330 e. The third-order valence-corrected chi connectivity index (χ3v) is 2.67. The summed E-state index contributed by atoms with van der Waals surface area (Å²) in [5, 5.41) is 9.51. The van der Waals surface area contributed by atoms with Crippen LogP contribution in [-0.2, 0) is 9.53 Å². The molecule has 0 aliphatic heterocycles. The molecule has 0 aliphatic carbocycles. The van der Waals surface area contributed by atoms with Crippen molar-refractivity contribution in [1.82, 2.24) is 0 Å². The first kappa shape index (κ1) is 13.6. The number of phenols is 1. The van der Waals surface area contributed by atoms with Crippen LogP contribution >= 0.6 is 15.9 Å². The van der Waals surface area contributed by atoms with E-state index in [1.165, 1.54) is 19.3 Å². The second kappa shape index (κ2) is 6.30. The van der Waals surface area contributed by atoms with E-state index in [0.29, 0.717) is 22.4 Å². The van der Waals surface area contributed by atoms with Gasteiger partial charge in [-0.25, -0.2) is 4.79 Å². The number of methoxy groups -OCH3 is 1. The van der Waals surface area contributed by atoms with E-state index in [-0.39, 0.29) is 5.75 Å². The predicted molar refractivity (Wildman–Crippen MR) is 68.0 cm³/mol. The number of hydrogen-bond donors (Lipinski definition) is 1. The minimum atomic E-state index is -0.411. The zero-order valence-corrected chi connectivity index (χ0v) is 11.2. The van der Waals surface area contributed by atoms with Gasteiger partial charge in [0.15, 0.2) is 11.5 Å². The lowest BCUT2D eigenvalue weighted by molar-refractivity contribution is -0.137. The highest BCUT2D eigenvalue weighted by Crippen LogP contribution is 2.32. The molecule has 92 valence electrons. The summed E-state index contributed by atoms with van der Waals surface area (Å²) >= 11 is 3.28. The van der Waals surface area contributed by atoms with E-state index >= 15 is 0 Å². The molecule has 0 unspecified atom stereocenters. The van der Waals surface area contributed by atoms with E-state index in [1.807, 2.05) is 0 Å². The number of carbonyl (C=O) groups excluding carboxylic acids is 1. The molecular formula is C12H13BrO4. The molecule has 0 spiro atoms. The molecule has 0 radical (unpaired) electrons. The second-order valence-electron chi connectivity index (χ2n) is 3.13. The Morgan fingerprint density at radius 3 is 2.82 bits per heavy atom. The maximum absolute atomic E-state index is 11.1. The van der Waals surface area contributed by atoms with Gasteiger partial charge >= 0.3 is 5.97 Å². The Bertz CT molecular complexity index is 440. The van der Waals surface area contributed by atoms with Crippen LogP contribution in [0.1, 0.15) is 12.5 Å². The molecular weight excluding hydrogens is 288 g/mol. The second-order valence-corrected chi connectivity index (χ2v) is 3.99. The smallest absolute Gasteiger partial charge is 0.330 e. The lowest BCUT2D eigenvalue weighted by atomic mass is 10.2. The molecule has 0 heterocycles. The van der Waals surface area contributed by atoms with Gasteiger partial charge in [0.25, 0.3) is 0 Å². The van der Waals surface area contributed by atoms with Gasteiger partial charge in [-0.3, -0.25) is 0 Å². The van der Waals surface area contributed by atoms with Gasteiger partial charge in [0.1, 0.15) is 0 Å². The SMILES string of the molecule is CCOC(=O)C=Cc1cc(OC)c(O)cc1Br. The highest BCUT2D eigenvalue weighted by Gasteiger charge is 2.06. The first-order valence-electron chi connectivity index (χ1n) is 4.99. The Balaban J connectivity index is 2.94. The van der Waals surface area contributed by atoms with E-state index in [9.17, 15) is 9.90 Å². The molecule has 4 nitrogen and oxygen atoms in total. The highest BCUT2D eigenvalue weighted by atomic mass is 79.9. The van der Waals surface area contributed by atoms with Gasteiger partial charge < -0.3 is 14.6 Å². The molecule has 1 rings (SSSR count). The number of aromatic hydroxyl groups is 1. The molecule has 0 saturated heterocycles. The number of phenolic OH excluding ortho intramolecular Hbond substituents is 1. The fourth-order valence-electron chi connectivity index (χ4n) is 1.20. The first-order chi connectivity index (χ1) is 8.08. The van der Waals surface area contributed by atoms with Crippen LogP contribution in [0.3, 0.4) is 0 Å². The molecule has 5 heteroatoms. The molecule has 0 fully saturated rings. The average molecular weight is 301 g/mol. The predicted octanol–water partition coefficient (Wildman–Crippen LogP) is 2.74. The van der Waals surface area contributed by atoms with Crippen LogP contribution in [0, 0.1) is 0 Å². The Morgan fingerprint density at radius 1 is 1.53 bits per heavy atom. The Labute approximate surface area is 108 Å². The van der Waals surface area contributed by atoms with Crippen molar-refractivity contribution < 1.29 is 19.4 Å². The number of halogens is 1. The molecule has 0 aliphatic rings. The van der Waals surface area contributed by atoms with Crippen molar-refractivity contribution in [1.29, 1.82) is 0 Å². The number of benzene rings is 1. The van der Waals surface area contributed by atoms with Crippen molar-refractivity contribution in [3.05, 3.63) is 28.2 Å². The summed E-state index contributed by atoms with van der Waals surface area (Å²) in [6, 6.07) is 3.12. The number of hydrogen-bond acceptors (Lipinski definition) is 4. The molecule has 1 aromatic rings. The van der Waals surface area contributed by atoms with Gasteiger partial charge in [0, 0.05) is 10.5 Å². The van der Waals surface area contributed by atoms with Gasteiger partial charge in [-0.15, -0.1) is 0 Å². The lowest BCUT2D eigenvalue weighted by Crippen LogP contribution is -1.98. The minimum Gasteiger partial charge on any atom is -0.504 e. The van der Waals surface area contributed by atoms with E-state index < -0.39 is 5.97 Å². The van der Waals surface area contributed by atoms with Gasteiger partial charge in [-0.2, -0.15) is 0 Å². The third kappa shape index (κ3) is 3.78. The quantitative estimate of drug-likeness (QED) is 0.686. The Hall–Kier alpha value is -1.49. The van der Waals surface area contributed by atoms with Crippen molar-refractivity contribution in [2.45, 2.75) is 6.92 Å². The topological polar surface area (TPSA) is 55.8 Å². The third-order valence-electron chi connectivity index (χ3n) is 1.98. The zero-order valence-electron chi connectivity index (χ0n) is 9.57. The fourth-order valence-corrected chi connectivity index (χ4v) is 1.66. The normalized spacial score (nSPS) is 10.5. The summed E-state index contributed by atoms with van der Waals surface area (Å²) < 4.78 is 10.4. The summed E-state index contributed by atoms with van der Waals surface area (Å²) in [6.45, 7) is 2.08. The van der Waals surface area contributed by atoms with Crippen molar-refractivity contribution in [3.8, 4) is 11.5 Å². The van der Waals surface area contributed by atoms with Crippen LogP contribution in [0.5, 0.6) is 11.5 Å². The number of rotatable bonds is 4. The van der Waals surface area contributed by atoms with E-state index in [0.717, 1.165) is 0 Å². The van der Waals surface area contributed by atoms with Crippen molar-refractivity contribution >= 4 is 28.0 Å². The molecule has 0 bridgehead atoms. The van der Waals surface area contributed by atoms with Crippen LogP contribution in [0.15, 0.2) is 22.7 Å². The fraction of sp³-hybridized carbons (Fsp3) is 0.250. The molecule has 17 heavy (non-hydrogen) atoms. The van der Waals surface area contributed by atoms with Crippen LogP contribution in [0.4, 0.5) is 0 Å². The summed E-state index contributed by atoms with van der Waals surface area (Å²) in [4.78, 5) is 11.1. The van der Waals surface area contributed by atoms with Crippen LogP contribution in [0.2, 0.25) is 0 Å². The molecule has 1 N–H and O–H groups in total. The van der Waals surface area contributed by atoms with Gasteiger partial charge in [0.2, 0.25) is 0 Å². The van der Waals surface area contributed by atoms with Gasteiger partial charge in [0.05, 0.1) is 13.7 Å². The standard InChI is InChI=1S/C12H13BrO4/c1-3-17-12(15)5-4-8-6-11(16-2)10(14)7-9(8)13/h4-7,14H,3H2,1-2H3. The van der Waals surface area contributed by atoms with E-state index in [1.54, 1.807) is 19.1 Å². The first-order valence-corrected chi connectivity index (χ1v) is 5.79. The number of ether oxygens (including phenoxy) is 2. The van der Waals surface area contributed by atoms with Gasteiger partial charge in [-0.05, 0) is 30.7 Å². The molecule has 0 aromatic heterocycles. The monoisotopic (exact) mass is 300 g/mol. The average Bonchev–Trinajstić information content (AvgIpc) is 2.28. The Morgan fingerprint density at radius 2 is 2.24 bits per heavy atom.